The molecule has 0 amide bonds. The first-order valence-electron chi connectivity index (χ1n) is 7.59. The van der Waals surface area contributed by atoms with Gasteiger partial charge in [-0.25, -0.2) is 23.9 Å². The van der Waals surface area contributed by atoms with Crippen LogP contribution < -0.4 is 0 Å². The Kier molecular flexibility index (Phi) is 6.06. The number of hydrogen-bond acceptors (Lipinski definition) is 10. The molecule has 144 valence electrons. The molecule has 0 spiro atoms. The summed E-state index contributed by atoms with van der Waals surface area (Å²) in [5.74, 6) is -3.15. The number of hydrogen-bond donors (Lipinski definition) is 0. The minimum Gasteiger partial charge on any atom is -0.466 e. The highest BCUT2D eigenvalue weighted by Crippen LogP contribution is 2.30. The molecule has 0 aliphatic heterocycles. The fourth-order valence-corrected chi connectivity index (χ4v) is 2.51. The fourth-order valence-electron chi connectivity index (χ4n) is 2.51. The van der Waals surface area contributed by atoms with E-state index in [1.165, 1.54) is 14.2 Å². The standard InChI is InChI=1S/C16H17N3O8/c1-24-13(20)9-6-5-8(7-10(9)14(21)25-2)19-12(16(23)27-4)11(17-18-19)15(22)26-3/h5H,6-7H2,1-4H3. The quantitative estimate of drug-likeness (QED) is 0.513. The molecule has 11 nitrogen and oxygen atoms in total. The van der Waals surface area contributed by atoms with Crippen molar-refractivity contribution in [1.29, 1.82) is 0 Å². The van der Waals surface area contributed by atoms with Crippen LogP contribution in [-0.4, -0.2) is 67.3 Å². The van der Waals surface area contributed by atoms with E-state index in [9.17, 15) is 19.2 Å². The minimum absolute atomic E-state index is 0.0282. The second-order valence-electron chi connectivity index (χ2n) is 5.20. The summed E-state index contributed by atoms with van der Waals surface area (Å²) in [6.45, 7) is 0. The van der Waals surface area contributed by atoms with E-state index < -0.39 is 23.9 Å². The summed E-state index contributed by atoms with van der Waals surface area (Å²) in [5.41, 5.74) is -0.103. The number of rotatable bonds is 5. The SMILES string of the molecule is COC(=O)C1=C(C(=O)OC)CC(n2nnc(C(=O)OC)c2C(=O)OC)=CC1. The third kappa shape index (κ3) is 3.71. The zero-order valence-corrected chi connectivity index (χ0v) is 15.1. The molecular weight excluding hydrogens is 362 g/mol. The lowest BCUT2D eigenvalue weighted by Crippen LogP contribution is -2.21. The maximum Gasteiger partial charge on any atom is 0.361 e. The van der Waals surface area contributed by atoms with Gasteiger partial charge < -0.3 is 18.9 Å². The Labute approximate surface area is 153 Å². The summed E-state index contributed by atoms with van der Waals surface area (Å²) >= 11 is 0. The third-order valence-corrected chi connectivity index (χ3v) is 3.83. The van der Waals surface area contributed by atoms with E-state index in [1.807, 2.05) is 0 Å². The first kappa shape index (κ1) is 19.8. The van der Waals surface area contributed by atoms with E-state index in [0.717, 1.165) is 18.9 Å². The second-order valence-corrected chi connectivity index (χ2v) is 5.20. The summed E-state index contributed by atoms with van der Waals surface area (Å²) < 4.78 is 19.7. The lowest BCUT2D eigenvalue weighted by molar-refractivity contribution is -0.139. The number of methoxy groups -OCH3 is 4. The molecule has 0 saturated heterocycles. The molecule has 0 atom stereocenters. The fraction of sp³-hybridized carbons (Fsp3) is 0.375. The molecule has 0 fully saturated rings. The van der Waals surface area contributed by atoms with Crippen LogP contribution in [0.2, 0.25) is 0 Å². The molecule has 27 heavy (non-hydrogen) atoms. The topological polar surface area (TPSA) is 136 Å². The Balaban J connectivity index is 2.52. The molecule has 0 bridgehead atoms. The van der Waals surface area contributed by atoms with Crippen molar-refractivity contribution in [2.45, 2.75) is 12.8 Å². The number of aromatic nitrogens is 3. The molecule has 0 saturated carbocycles. The predicted octanol–water partition coefficient (Wildman–Crippen LogP) is 0.129. The van der Waals surface area contributed by atoms with Gasteiger partial charge in [0.2, 0.25) is 5.69 Å². The van der Waals surface area contributed by atoms with Crippen molar-refractivity contribution >= 4 is 29.6 Å². The number of carbonyl (C=O) groups is 4. The van der Waals surface area contributed by atoms with Gasteiger partial charge in [0.15, 0.2) is 5.69 Å². The zero-order chi connectivity index (χ0) is 20.1. The van der Waals surface area contributed by atoms with Crippen molar-refractivity contribution in [3.05, 3.63) is 28.6 Å². The van der Waals surface area contributed by atoms with Gasteiger partial charge in [0.25, 0.3) is 0 Å². The normalized spacial score (nSPS) is 13.6. The molecule has 1 aromatic heterocycles. The van der Waals surface area contributed by atoms with Gasteiger partial charge in [-0.05, 0) is 0 Å². The smallest absolute Gasteiger partial charge is 0.361 e. The van der Waals surface area contributed by atoms with Gasteiger partial charge in [0.1, 0.15) is 0 Å². The van der Waals surface area contributed by atoms with Crippen LogP contribution in [0, 0.1) is 0 Å². The third-order valence-electron chi connectivity index (χ3n) is 3.83. The van der Waals surface area contributed by atoms with E-state index >= 15 is 0 Å². The van der Waals surface area contributed by atoms with Crippen LogP contribution in [0.25, 0.3) is 5.70 Å². The summed E-state index contributed by atoms with van der Waals surface area (Å²) in [6.07, 6.45) is 1.48. The Hall–Kier alpha value is -3.50. The Bertz CT molecular complexity index is 865. The highest BCUT2D eigenvalue weighted by molar-refractivity contribution is 6.04. The van der Waals surface area contributed by atoms with E-state index in [1.54, 1.807) is 6.08 Å². The number of esters is 4. The number of carbonyl (C=O) groups excluding carboxylic acids is 4. The van der Waals surface area contributed by atoms with Crippen LogP contribution in [0.3, 0.4) is 0 Å². The highest BCUT2D eigenvalue weighted by atomic mass is 16.5. The van der Waals surface area contributed by atoms with Gasteiger partial charge in [0, 0.05) is 18.5 Å². The van der Waals surface area contributed by atoms with Gasteiger partial charge in [0.05, 0.1) is 39.6 Å². The highest BCUT2D eigenvalue weighted by Gasteiger charge is 2.32. The number of nitrogens with zero attached hydrogens (tertiary/aromatic N) is 3. The zero-order valence-electron chi connectivity index (χ0n) is 15.1. The first-order valence-corrected chi connectivity index (χ1v) is 7.59. The average molecular weight is 379 g/mol. The number of allylic oxidation sites excluding steroid dienone is 2. The van der Waals surface area contributed by atoms with Crippen LogP contribution in [0.1, 0.15) is 33.8 Å². The number of ether oxygens (including phenoxy) is 4. The van der Waals surface area contributed by atoms with Crippen molar-refractivity contribution in [3.8, 4) is 0 Å². The molecule has 0 radical (unpaired) electrons. The van der Waals surface area contributed by atoms with Crippen LogP contribution in [0.4, 0.5) is 0 Å². The van der Waals surface area contributed by atoms with E-state index in [0.29, 0.717) is 5.70 Å². The largest absolute Gasteiger partial charge is 0.466 e. The Morgan fingerprint density at radius 2 is 1.41 bits per heavy atom. The molecular formula is C16H17N3O8. The van der Waals surface area contributed by atoms with Gasteiger partial charge in [-0.2, -0.15) is 0 Å². The van der Waals surface area contributed by atoms with Crippen LogP contribution in [0.15, 0.2) is 17.2 Å². The van der Waals surface area contributed by atoms with Gasteiger partial charge in [-0.1, -0.05) is 11.3 Å². The van der Waals surface area contributed by atoms with Gasteiger partial charge in [-0.3, -0.25) is 0 Å². The van der Waals surface area contributed by atoms with Crippen LogP contribution in [-0.2, 0) is 28.5 Å². The molecule has 11 heteroatoms. The summed E-state index contributed by atoms with van der Waals surface area (Å²) in [6, 6.07) is 0. The lowest BCUT2D eigenvalue weighted by atomic mass is 9.94. The van der Waals surface area contributed by atoms with E-state index in [-0.39, 0.29) is 35.4 Å². The Morgan fingerprint density at radius 3 is 1.96 bits per heavy atom. The monoisotopic (exact) mass is 379 g/mol. The van der Waals surface area contributed by atoms with Gasteiger partial charge >= 0.3 is 23.9 Å². The van der Waals surface area contributed by atoms with E-state index in [2.05, 4.69) is 24.5 Å². The van der Waals surface area contributed by atoms with Crippen molar-refractivity contribution in [1.82, 2.24) is 15.0 Å². The minimum atomic E-state index is -0.878. The summed E-state index contributed by atoms with van der Waals surface area (Å²) in [7, 11) is 4.62. The molecule has 0 aromatic carbocycles. The predicted molar refractivity (Wildman–Crippen MR) is 87.3 cm³/mol. The maximum atomic E-state index is 12.1. The molecule has 1 aliphatic carbocycles. The molecule has 1 heterocycles. The Morgan fingerprint density at radius 1 is 0.852 bits per heavy atom. The molecule has 0 N–H and O–H groups in total. The summed E-state index contributed by atoms with van der Waals surface area (Å²) in [5, 5.41) is 7.46. The van der Waals surface area contributed by atoms with Crippen LogP contribution in [0.5, 0.6) is 0 Å². The van der Waals surface area contributed by atoms with Crippen LogP contribution >= 0.6 is 0 Å². The second kappa shape index (κ2) is 8.25. The molecule has 0 unspecified atom stereocenters. The molecule has 1 aromatic rings. The first-order chi connectivity index (χ1) is 12.9. The van der Waals surface area contributed by atoms with Crippen molar-refractivity contribution in [3.63, 3.8) is 0 Å². The van der Waals surface area contributed by atoms with Crippen molar-refractivity contribution in [2.24, 2.45) is 0 Å². The molecule has 1 aliphatic rings. The van der Waals surface area contributed by atoms with Gasteiger partial charge in [-0.15, -0.1) is 5.10 Å². The molecule has 2 rings (SSSR count). The maximum absolute atomic E-state index is 12.1. The van der Waals surface area contributed by atoms with Crippen molar-refractivity contribution < 1.29 is 38.1 Å². The summed E-state index contributed by atoms with van der Waals surface area (Å²) in [4.78, 5) is 48.0. The lowest BCUT2D eigenvalue weighted by Gasteiger charge is -2.19. The average Bonchev–Trinajstić information content (AvgIpc) is 3.15. The van der Waals surface area contributed by atoms with Crippen molar-refractivity contribution in [2.75, 3.05) is 28.4 Å². The van der Waals surface area contributed by atoms with E-state index in [4.69, 9.17) is 4.74 Å².